The molecule has 130 valence electrons. The van der Waals surface area contributed by atoms with Crippen LogP contribution in [-0.2, 0) is 6.54 Å². The monoisotopic (exact) mass is 358 g/mol. The first kappa shape index (κ1) is 16.0. The SMILES string of the molecule is Cc1ncc(C)n2nc(CNc3nc(Cl)cc(N4CCCC4)n3)nc12. The number of aryl methyl sites for hydroxylation is 2. The Morgan fingerprint density at radius 2 is 1.96 bits per heavy atom. The fourth-order valence-corrected chi connectivity index (χ4v) is 3.14. The van der Waals surface area contributed by atoms with E-state index in [-0.39, 0.29) is 0 Å². The van der Waals surface area contributed by atoms with Gasteiger partial charge < -0.3 is 10.2 Å². The second kappa shape index (κ2) is 6.44. The summed E-state index contributed by atoms with van der Waals surface area (Å²) in [4.78, 5) is 19.9. The van der Waals surface area contributed by atoms with Crippen LogP contribution in [0.2, 0.25) is 5.15 Å². The van der Waals surface area contributed by atoms with Gasteiger partial charge >= 0.3 is 0 Å². The lowest BCUT2D eigenvalue weighted by Gasteiger charge is -2.17. The Kier molecular flexibility index (Phi) is 4.12. The quantitative estimate of drug-likeness (QED) is 0.717. The zero-order valence-electron chi connectivity index (χ0n) is 14.2. The van der Waals surface area contributed by atoms with Gasteiger partial charge in [0.25, 0.3) is 0 Å². The molecule has 4 heterocycles. The molecular weight excluding hydrogens is 340 g/mol. The first-order chi connectivity index (χ1) is 12.1. The lowest BCUT2D eigenvalue weighted by molar-refractivity contribution is 0.845. The van der Waals surface area contributed by atoms with Gasteiger partial charge in [-0.3, -0.25) is 4.98 Å². The predicted octanol–water partition coefficient (Wildman–Crippen LogP) is 2.40. The van der Waals surface area contributed by atoms with E-state index in [0.29, 0.717) is 23.5 Å². The molecule has 1 N–H and O–H groups in total. The molecule has 4 rings (SSSR count). The van der Waals surface area contributed by atoms with E-state index < -0.39 is 0 Å². The molecule has 1 aliphatic rings. The molecule has 0 bridgehead atoms. The Balaban J connectivity index is 1.55. The summed E-state index contributed by atoms with van der Waals surface area (Å²) in [6.45, 7) is 6.30. The minimum Gasteiger partial charge on any atom is -0.356 e. The van der Waals surface area contributed by atoms with Crippen molar-refractivity contribution in [3.63, 3.8) is 0 Å². The van der Waals surface area contributed by atoms with Crippen molar-refractivity contribution in [3.05, 3.63) is 34.6 Å². The summed E-state index contributed by atoms with van der Waals surface area (Å²) in [5.41, 5.74) is 2.55. The van der Waals surface area contributed by atoms with Crippen LogP contribution in [0.4, 0.5) is 11.8 Å². The van der Waals surface area contributed by atoms with Gasteiger partial charge in [-0.1, -0.05) is 11.6 Å². The average molecular weight is 359 g/mol. The largest absolute Gasteiger partial charge is 0.356 e. The lowest BCUT2D eigenvalue weighted by atomic mass is 10.4. The van der Waals surface area contributed by atoms with Crippen molar-refractivity contribution in [2.45, 2.75) is 33.2 Å². The van der Waals surface area contributed by atoms with Crippen LogP contribution in [0.5, 0.6) is 0 Å². The van der Waals surface area contributed by atoms with Crippen molar-refractivity contribution in [3.8, 4) is 0 Å². The van der Waals surface area contributed by atoms with Gasteiger partial charge in [0.05, 0.1) is 17.9 Å². The van der Waals surface area contributed by atoms with E-state index in [1.807, 2.05) is 13.8 Å². The topological polar surface area (TPSA) is 84.1 Å². The third kappa shape index (κ3) is 3.21. The fourth-order valence-electron chi connectivity index (χ4n) is 2.96. The Morgan fingerprint density at radius 3 is 2.72 bits per heavy atom. The van der Waals surface area contributed by atoms with Gasteiger partial charge in [0.1, 0.15) is 11.0 Å². The predicted molar refractivity (Wildman–Crippen MR) is 96.1 cm³/mol. The number of anilines is 2. The molecule has 0 amide bonds. The van der Waals surface area contributed by atoms with Crippen LogP contribution in [0.1, 0.15) is 30.1 Å². The van der Waals surface area contributed by atoms with E-state index >= 15 is 0 Å². The summed E-state index contributed by atoms with van der Waals surface area (Å²) in [6.07, 6.45) is 4.15. The highest BCUT2D eigenvalue weighted by Crippen LogP contribution is 2.22. The maximum atomic E-state index is 6.15. The molecule has 0 aliphatic carbocycles. The molecule has 9 heteroatoms. The number of fused-ring (bicyclic) bond motifs is 1. The molecule has 8 nitrogen and oxygen atoms in total. The lowest BCUT2D eigenvalue weighted by Crippen LogP contribution is -2.20. The van der Waals surface area contributed by atoms with Gasteiger partial charge in [-0.2, -0.15) is 4.98 Å². The van der Waals surface area contributed by atoms with Crippen LogP contribution >= 0.6 is 11.6 Å². The Hall–Kier alpha value is -2.48. The average Bonchev–Trinajstić information content (AvgIpc) is 3.26. The molecule has 3 aromatic heterocycles. The van der Waals surface area contributed by atoms with Crippen LogP contribution in [-0.4, -0.2) is 42.6 Å². The first-order valence-electron chi connectivity index (χ1n) is 8.31. The highest BCUT2D eigenvalue weighted by molar-refractivity contribution is 6.29. The fraction of sp³-hybridized carbons (Fsp3) is 0.438. The van der Waals surface area contributed by atoms with Crippen LogP contribution in [0.25, 0.3) is 5.65 Å². The van der Waals surface area contributed by atoms with Crippen molar-refractivity contribution in [1.29, 1.82) is 0 Å². The number of hydrogen-bond donors (Lipinski definition) is 1. The van der Waals surface area contributed by atoms with E-state index in [4.69, 9.17) is 11.6 Å². The smallest absolute Gasteiger partial charge is 0.226 e. The molecule has 1 aliphatic heterocycles. The van der Waals surface area contributed by atoms with E-state index in [9.17, 15) is 0 Å². The summed E-state index contributed by atoms with van der Waals surface area (Å²) >= 11 is 6.15. The minimum atomic E-state index is 0.417. The van der Waals surface area contributed by atoms with Crippen LogP contribution < -0.4 is 10.2 Å². The second-order valence-electron chi connectivity index (χ2n) is 6.17. The molecule has 0 spiro atoms. The molecule has 1 saturated heterocycles. The highest BCUT2D eigenvalue weighted by atomic mass is 35.5. The molecule has 3 aromatic rings. The highest BCUT2D eigenvalue weighted by Gasteiger charge is 2.16. The van der Waals surface area contributed by atoms with Crippen molar-refractivity contribution >= 4 is 29.0 Å². The summed E-state index contributed by atoms with van der Waals surface area (Å²) in [6, 6.07) is 1.81. The Labute approximate surface area is 150 Å². The number of hydrogen-bond acceptors (Lipinski definition) is 7. The van der Waals surface area contributed by atoms with Crippen molar-refractivity contribution in [2.24, 2.45) is 0 Å². The van der Waals surface area contributed by atoms with Gasteiger partial charge in [-0.05, 0) is 26.7 Å². The van der Waals surface area contributed by atoms with Gasteiger partial charge in [0.2, 0.25) is 5.95 Å². The number of nitrogens with zero attached hydrogens (tertiary/aromatic N) is 7. The van der Waals surface area contributed by atoms with E-state index in [1.165, 1.54) is 12.8 Å². The zero-order chi connectivity index (χ0) is 17.4. The van der Waals surface area contributed by atoms with E-state index in [0.717, 1.165) is 35.9 Å². The molecule has 0 atom stereocenters. The van der Waals surface area contributed by atoms with E-state index in [2.05, 4.69) is 35.3 Å². The van der Waals surface area contributed by atoms with Crippen LogP contribution in [0.15, 0.2) is 12.3 Å². The summed E-state index contributed by atoms with van der Waals surface area (Å²) in [5, 5.41) is 8.12. The van der Waals surface area contributed by atoms with Crippen LogP contribution in [0, 0.1) is 13.8 Å². The first-order valence-corrected chi connectivity index (χ1v) is 8.69. The number of halogens is 1. The van der Waals surface area contributed by atoms with Crippen LogP contribution in [0.3, 0.4) is 0 Å². The number of rotatable bonds is 4. The second-order valence-corrected chi connectivity index (χ2v) is 6.56. The van der Waals surface area contributed by atoms with Crippen molar-refractivity contribution in [2.75, 3.05) is 23.3 Å². The van der Waals surface area contributed by atoms with Crippen molar-refractivity contribution < 1.29 is 0 Å². The number of nitrogens with one attached hydrogen (secondary N) is 1. The molecular formula is C16H19ClN8. The zero-order valence-corrected chi connectivity index (χ0v) is 15.0. The maximum absolute atomic E-state index is 6.15. The molecule has 0 aromatic carbocycles. The van der Waals surface area contributed by atoms with E-state index in [1.54, 1.807) is 16.8 Å². The normalized spacial score (nSPS) is 14.4. The summed E-state index contributed by atoms with van der Waals surface area (Å²) in [7, 11) is 0. The Bertz CT molecular complexity index is 877. The third-order valence-corrected chi connectivity index (χ3v) is 4.46. The summed E-state index contributed by atoms with van der Waals surface area (Å²) < 4.78 is 1.80. The molecule has 25 heavy (non-hydrogen) atoms. The molecule has 0 radical (unpaired) electrons. The summed E-state index contributed by atoms with van der Waals surface area (Å²) in [5.74, 6) is 2.00. The van der Waals surface area contributed by atoms with Gasteiger partial charge in [-0.25, -0.2) is 14.5 Å². The standard InChI is InChI=1S/C16H19ClN8/c1-10-8-18-11(2)15-21-13(23-25(10)15)9-19-16-20-12(17)7-14(22-16)24-5-3-4-6-24/h7-8H,3-6,9H2,1-2H3,(H,19,20,22). The third-order valence-electron chi connectivity index (χ3n) is 4.27. The van der Waals surface area contributed by atoms with Gasteiger partial charge in [0.15, 0.2) is 11.5 Å². The number of aromatic nitrogens is 6. The molecule has 0 unspecified atom stereocenters. The van der Waals surface area contributed by atoms with Gasteiger partial charge in [0, 0.05) is 25.4 Å². The molecule has 0 saturated carbocycles. The molecule has 1 fully saturated rings. The van der Waals surface area contributed by atoms with Gasteiger partial charge in [-0.15, -0.1) is 5.10 Å². The van der Waals surface area contributed by atoms with Crippen molar-refractivity contribution in [1.82, 2.24) is 29.5 Å². The Morgan fingerprint density at radius 1 is 1.16 bits per heavy atom. The minimum absolute atomic E-state index is 0.417. The maximum Gasteiger partial charge on any atom is 0.226 e.